The molecule has 0 bridgehead atoms. The van der Waals surface area contributed by atoms with Crippen LogP contribution in [0.3, 0.4) is 0 Å². The minimum Gasteiger partial charge on any atom is -0.368 e. The van der Waals surface area contributed by atoms with Gasteiger partial charge in [-0.3, -0.25) is 5.32 Å². The Balaban J connectivity index is 1.93. The molecule has 0 spiro atoms. The molecule has 0 aliphatic rings. The van der Waals surface area contributed by atoms with Crippen molar-refractivity contribution in [2.75, 3.05) is 11.1 Å². The summed E-state index contributed by atoms with van der Waals surface area (Å²) in [6.45, 7) is 1.76. The van der Waals surface area contributed by atoms with Gasteiger partial charge in [0.05, 0.1) is 11.0 Å². The number of rotatable bonds is 3. The molecular weight excluding hydrogens is 306 g/mol. The van der Waals surface area contributed by atoms with E-state index in [2.05, 4.69) is 35.2 Å². The van der Waals surface area contributed by atoms with Crippen molar-refractivity contribution >= 4 is 28.9 Å². The van der Waals surface area contributed by atoms with Gasteiger partial charge in [-0.05, 0) is 25.1 Å². The number of para-hydroxylation sites is 2. The van der Waals surface area contributed by atoms with Gasteiger partial charge in [-0.1, -0.05) is 12.1 Å². The van der Waals surface area contributed by atoms with Crippen LogP contribution >= 0.6 is 0 Å². The van der Waals surface area contributed by atoms with E-state index in [1.807, 2.05) is 24.3 Å². The van der Waals surface area contributed by atoms with Crippen molar-refractivity contribution in [3.05, 3.63) is 48.5 Å². The molecule has 0 saturated heterocycles. The fraction of sp³-hybridized carbons (Fsp3) is 0.0667. The molecule has 0 saturated carbocycles. The average molecular weight is 319 g/mol. The Bertz CT molecular complexity index is 990. The summed E-state index contributed by atoms with van der Waals surface area (Å²) < 4.78 is 1.76. The Morgan fingerprint density at radius 2 is 1.75 bits per heavy atom. The largest absolute Gasteiger partial charge is 0.368 e. The zero-order chi connectivity index (χ0) is 16.5. The lowest BCUT2D eigenvalue weighted by Gasteiger charge is -2.09. The SMILES string of the molecule is Cc1nc(N)nc(-n2c(Nc3ncccn3)nc3ccccc32)n1. The Labute approximate surface area is 136 Å². The van der Waals surface area contributed by atoms with Gasteiger partial charge < -0.3 is 5.73 Å². The maximum absolute atomic E-state index is 5.77. The first-order chi connectivity index (χ1) is 11.7. The first kappa shape index (κ1) is 14.0. The normalized spacial score (nSPS) is 10.9. The number of aromatic nitrogens is 7. The Kier molecular flexibility index (Phi) is 3.23. The molecule has 1 aromatic carbocycles. The number of aryl methyl sites for hydroxylation is 1. The smallest absolute Gasteiger partial charge is 0.242 e. The number of nitrogens with zero attached hydrogens (tertiary/aromatic N) is 7. The molecule has 4 rings (SSSR count). The summed E-state index contributed by atoms with van der Waals surface area (Å²) >= 11 is 0. The van der Waals surface area contributed by atoms with E-state index >= 15 is 0 Å². The van der Waals surface area contributed by atoms with Crippen molar-refractivity contribution in [3.8, 4) is 5.95 Å². The number of benzene rings is 1. The van der Waals surface area contributed by atoms with E-state index in [0.717, 1.165) is 11.0 Å². The highest BCUT2D eigenvalue weighted by Crippen LogP contribution is 2.24. The number of hydrogen-bond acceptors (Lipinski definition) is 8. The second-order valence-electron chi connectivity index (χ2n) is 5.00. The molecule has 9 nitrogen and oxygen atoms in total. The molecule has 0 atom stereocenters. The number of anilines is 3. The molecule has 0 fully saturated rings. The minimum absolute atomic E-state index is 0.150. The standard InChI is InChI=1S/C15H13N9/c1-9-19-12(16)22-14(20-9)24-11-6-3-2-5-10(11)21-15(24)23-13-17-7-4-8-18-13/h2-8H,1H3,(H2,16,19,20,22)(H,17,18,21,23). The summed E-state index contributed by atoms with van der Waals surface area (Å²) in [5, 5.41) is 3.09. The first-order valence-corrected chi connectivity index (χ1v) is 7.21. The molecule has 0 radical (unpaired) electrons. The minimum atomic E-state index is 0.150. The van der Waals surface area contributed by atoms with Gasteiger partial charge in [-0.15, -0.1) is 0 Å². The van der Waals surface area contributed by atoms with Crippen LogP contribution in [-0.4, -0.2) is 34.5 Å². The molecule has 0 unspecified atom stereocenters. The van der Waals surface area contributed by atoms with Crippen molar-refractivity contribution in [2.24, 2.45) is 0 Å². The lowest BCUT2D eigenvalue weighted by Crippen LogP contribution is -2.10. The van der Waals surface area contributed by atoms with Crippen molar-refractivity contribution < 1.29 is 0 Å². The monoisotopic (exact) mass is 319 g/mol. The number of nitrogens with one attached hydrogen (secondary N) is 1. The lowest BCUT2D eigenvalue weighted by atomic mass is 10.3. The fourth-order valence-electron chi connectivity index (χ4n) is 2.36. The van der Waals surface area contributed by atoms with Gasteiger partial charge in [0.1, 0.15) is 5.82 Å². The van der Waals surface area contributed by atoms with Gasteiger partial charge in [0.25, 0.3) is 0 Å². The van der Waals surface area contributed by atoms with Gasteiger partial charge in [-0.2, -0.15) is 15.0 Å². The third kappa shape index (κ3) is 2.47. The Hall–Kier alpha value is -3.62. The van der Waals surface area contributed by atoms with E-state index in [4.69, 9.17) is 5.73 Å². The van der Waals surface area contributed by atoms with Crippen molar-refractivity contribution in [1.82, 2.24) is 34.5 Å². The number of fused-ring (bicyclic) bond motifs is 1. The molecule has 4 aromatic rings. The van der Waals surface area contributed by atoms with Crippen LogP contribution in [-0.2, 0) is 0 Å². The second-order valence-corrected chi connectivity index (χ2v) is 5.00. The van der Waals surface area contributed by atoms with Crippen molar-refractivity contribution in [1.29, 1.82) is 0 Å². The predicted molar refractivity (Wildman–Crippen MR) is 88.9 cm³/mol. The Morgan fingerprint density at radius 3 is 2.54 bits per heavy atom. The average Bonchev–Trinajstić information content (AvgIpc) is 2.92. The zero-order valence-corrected chi connectivity index (χ0v) is 12.7. The number of imidazole rings is 1. The summed E-state index contributed by atoms with van der Waals surface area (Å²) in [5.41, 5.74) is 7.39. The molecular formula is C15H13N9. The lowest BCUT2D eigenvalue weighted by molar-refractivity contribution is 0.892. The predicted octanol–water partition coefficient (Wildman–Crippen LogP) is 1.63. The molecule has 3 heterocycles. The maximum Gasteiger partial charge on any atom is 0.242 e. The van der Waals surface area contributed by atoms with Gasteiger partial charge in [0, 0.05) is 12.4 Å². The van der Waals surface area contributed by atoms with Crippen LogP contribution in [0.25, 0.3) is 17.0 Å². The molecule has 3 N–H and O–H groups in total. The highest BCUT2D eigenvalue weighted by molar-refractivity contribution is 5.81. The molecule has 118 valence electrons. The van der Waals surface area contributed by atoms with E-state index in [9.17, 15) is 0 Å². The van der Waals surface area contributed by atoms with Crippen LogP contribution in [0.5, 0.6) is 0 Å². The summed E-state index contributed by atoms with van der Waals surface area (Å²) in [4.78, 5) is 25.5. The fourth-order valence-corrected chi connectivity index (χ4v) is 2.36. The topological polar surface area (TPSA) is 120 Å². The first-order valence-electron chi connectivity index (χ1n) is 7.21. The third-order valence-electron chi connectivity index (χ3n) is 3.30. The van der Waals surface area contributed by atoms with Gasteiger partial charge in [0.15, 0.2) is 0 Å². The van der Waals surface area contributed by atoms with Crippen LogP contribution in [0.4, 0.5) is 17.8 Å². The van der Waals surface area contributed by atoms with E-state index in [-0.39, 0.29) is 5.95 Å². The summed E-state index contributed by atoms with van der Waals surface area (Å²) in [6, 6.07) is 9.40. The highest BCUT2D eigenvalue weighted by Gasteiger charge is 2.16. The molecule has 0 aliphatic carbocycles. The summed E-state index contributed by atoms with van der Waals surface area (Å²) in [6.07, 6.45) is 3.29. The van der Waals surface area contributed by atoms with Gasteiger partial charge >= 0.3 is 0 Å². The van der Waals surface area contributed by atoms with E-state index < -0.39 is 0 Å². The zero-order valence-electron chi connectivity index (χ0n) is 12.7. The van der Waals surface area contributed by atoms with E-state index in [1.165, 1.54) is 0 Å². The molecule has 9 heteroatoms. The van der Waals surface area contributed by atoms with Crippen LogP contribution in [0.2, 0.25) is 0 Å². The summed E-state index contributed by atoms with van der Waals surface area (Å²) in [7, 11) is 0. The van der Waals surface area contributed by atoms with Crippen molar-refractivity contribution in [2.45, 2.75) is 6.92 Å². The van der Waals surface area contributed by atoms with Gasteiger partial charge in [-0.25, -0.2) is 19.5 Å². The number of nitrogen functional groups attached to an aromatic ring is 1. The van der Waals surface area contributed by atoms with Crippen molar-refractivity contribution in [3.63, 3.8) is 0 Å². The van der Waals surface area contributed by atoms with Gasteiger partial charge in [0.2, 0.25) is 23.8 Å². The van der Waals surface area contributed by atoms with Crippen LogP contribution in [0.15, 0.2) is 42.7 Å². The number of nitrogens with two attached hydrogens (primary N) is 1. The molecule has 3 aromatic heterocycles. The maximum atomic E-state index is 5.77. The highest BCUT2D eigenvalue weighted by atomic mass is 15.3. The quantitative estimate of drug-likeness (QED) is 0.584. The second kappa shape index (κ2) is 5.54. The third-order valence-corrected chi connectivity index (χ3v) is 3.30. The molecule has 24 heavy (non-hydrogen) atoms. The number of hydrogen-bond donors (Lipinski definition) is 2. The van der Waals surface area contributed by atoms with E-state index in [0.29, 0.717) is 23.7 Å². The van der Waals surface area contributed by atoms with Crippen LogP contribution in [0, 0.1) is 6.92 Å². The Morgan fingerprint density at radius 1 is 0.958 bits per heavy atom. The van der Waals surface area contributed by atoms with E-state index in [1.54, 1.807) is 30.0 Å². The van der Waals surface area contributed by atoms with Crippen LogP contribution < -0.4 is 11.1 Å². The molecule has 0 amide bonds. The van der Waals surface area contributed by atoms with Crippen LogP contribution in [0.1, 0.15) is 5.82 Å². The molecule has 0 aliphatic heterocycles. The summed E-state index contributed by atoms with van der Waals surface area (Å²) in [5.74, 6) is 1.97.